The average molecular weight is 612 g/mol. The van der Waals surface area contributed by atoms with E-state index in [4.69, 9.17) is 0 Å². The minimum Gasteiger partial charge on any atom is -0.387 e. The molecule has 8 heteroatoms. The van der Waals surface area contributed by atoms with Gasteiger partial charge in [-0.1, -0.05) is 133 Å². The monoisotopic (exact) mass is 611 g/mol. The molecule has 0 aliphatic carbocycles. The lowest BCUT2D eigenvalue weighted by atomic mass is 10.1. The Morgan fingerprint density at radius 1 is 0.667 bits per heavy atom. The first-order chi connectivity index (χ1) is 20.2. The fourth-order valence-electron chi connectivity index (χ4n) is 4.51. The van der Waals surface area contributed by atoms with E-state index in [0.717, 1.165) is 19.3 Å². The van der Waals surface area contributed by atoms with Crippen molar-refractivity contribution in [3.05, 3.63) is 48.6 Å². The first-order valence-corrected chi connectivity index (χ1v) is 18.1. The molecule has 7 nitrogen and oxygen atoms in total. The van der Waals surface area contributed by atoms with Gasteiger partial charge in [0.1, 0.15) is 6.10 Å². The summed E-state index contributed by atoms with van der Waals surface area (Å²) in [4.78, 5) is 12.4. The Bertz CT molecular complexity index is 865. The van der Waals surface area contributed by atoms with Crippen molar-refractivity contribution in [2.75, 3.05) is 5.75 Å². The second kappa shape index (κ2) is 28.1. The van der Waals surface area contributed by atoms with E-state index >= 15 is 0 Å². The van der Waals surface area contributed by atoms with Gasteiger partial charge in [-0.15, -0.1) is 0 Å². The van der Waals surface area contributed by atoms with Gasteiger partial charge in [-0.2, -0.15) is 8.42 Å². The number of carbonyl (C=O) groups excluding carboxylic acids is 1. The molecule has 1 amide bonds. The molecule has 0 rings (SSSR count). The molecule has 3 atom stereocenters. The van der Waals surface area contributed by atoms with E-state index in [1.165, 1.54) is 89.5 Å². The predicted molar refractivity (Wildman–Crippen MR) is 176 cm³/mol. The van der Waals surface area contributed by atoms with Crippen LogP contribution in [-0.2, 0) is 14.9 Å². The van der Waals surface area contributed by atoms with Crippen molar-refractivity contribution in [3.8, 4) is 0 Å². The zero-order valence-electron chi connectivity index (χ0n) is 26.5. The highest BCUT2D eigenvalue weighted by Gasteiger charge is 2.27. The summed E-state index contributed by atoms with van der Waals surface area (Å²) in [6.45, 7) is 4.44. The van der Waals surface area contributed by atoms with Crippen molar-refractivity contribution in [2.45, 2.75) is 154 Å². The van der Waals surface area contributed by atoms with Crippen LogP contribution in [0.5, 0.6) is 0 Å². The van der Waals surface area contributed by atoms with Crippen LogP contribution in [0.4, 0.5) is 0 Å². The molecule has 0 aromatic rings. The lowest BCUT2D eigenvalue weighted by molar-refractivity contribution is -0.130. The number of aliphatic hydroxyl groups excluding tert-OH is 2. The Hall–Kier alpha value is -1.74. The maximum absolute atomic E-state index is 12.4. The average Bonchev–Trinajstić information content (AvgIpc) is 2.94. The van der Waals surface area contributed by atoms with Crippen LogP contribution in [-0.4, -0.2) is 53.1 Å². The summed E-state index contributed by atoms with van der Waals surface area (Å²) in [5.41, 5.74) is 0. The van der Waals surface area contributed by atoms with E-state index in [-0.39, 0.29) is 6.42 Å². The highest BCUT2D eigenvalue weighted by atomic mass is 32.2. The van der Waals surface area contributed by atoms with Crippen LogP contribution in [0.25, 0.3) is 0 Å². The summed E-state index contributed by atoms with van der Waals surface area (Å²) < 4.78 is 32.2. The Morgan fingerprint density at radius 3 is 1.71 bits per heavy atom. The normalized spacial score (nSPS) is 14.9. The number of hydrogen-bond donors (Lipinski definition) is 4. The van der Waals surface area contributed by atoms with Crippen LogP contribution < -0.4 is 5.32 Å². The smallest absolute Gasteiger partial charge is 0.267 e. The molecule has 3 unspecified atom stereocenters. The minimum absolute atomic E-state index is 0.0623. The van der Waals surface area contributed by atoms with Crippen LogP contribution in [0, 0.1) is 0 Å². The number of aliphatic hydroxyl groups is 2. The molecule has 0 heterocycles. The SMILES string of the molecule is CCCCCCCC/C=C\C/C=C\CC(O)C(=O)NC(CS(=O)(=O)O)C(O)/C=C/CC/C=C/CCCCCCCCC. The van der Waals surface area contributed by atoms with Crippen molar-refractivity contribution in [2.24, 2.45) is 0 Å². The molecule has 0 aromatic carbocycles. The number of unbranched alkanes of at least 4 members (excludes halogenated alkanes) is 14. The van der Waals surface area contributed by atoms with Gasteiger partial charge in [0.05, 0.1) is 17.9 Å². The first-order valence-electron chi connectivity index (χ1n) is 16.4. The van der Waals surface area contributed by atoms with E-state index in [2.05, 4.69) is 43.5 Å². The number of hydrogen-bond acceptors (Lipinski definition) is 5. The molecule has 42 heavy (non-hydrogen) atoms. The van der Waals surface area contributed by atoms with Gasteiger partial charge >= 0.3 is 0 Å². The summed E-state index contributed by atoms with van der Waals surface area (Å²) in [6, 6.07) is -1.28. The van der Waals surface area contributed by atoms with Crippen molar-refractivity contribution < 1.29 is 28.0 Å². The molecule has 0 aliphatic rings. The third kappa shape index (κ3) is 27.1. The molecule has 0 saturated carbocycles. The van der Waals surface area contributed by atoms with Crippen molar-refractivity contribution in [1.82, 2.24) is 5.32 Å². The zero-order valence-corrected chi connectivity index (χ0v) is 27.3. The highest BCUT2D eigenvalue weighted by molar-refractivity contribution is 7.85. The van der Waals surface area contributed by atoms with Crippen LogP contribution >= 0.6 is 0 Å². The summed E-state index contributed by atoms with van der Waals surface area (Å²) in [7, 11) is -4.46. The first kappa shape index (κ1) is 40.3. The van der Waals surface area contributed by atoms with Crippen molar-refractivity contribution in [3.63, 3.8) is 0 Å². The van der Waals surface area contributed by atoms with Gasteiger partial charge in [-0.25, -0.2) is 0 Å². The Labute approximate surface area is 257 Å². The molecule has 0 aliphatic heterocycles. The molecule has 0 fully saturated rings. The molecule has 0 bridgehead atoms. The zero-order chi connectivity index (χ0) is 31.3. The minimum atomic E-state index is -4.46. The molecule has 0 spiro atoms. The number of rotatable bonds is 28. The second-order valence-electron chi connectivity index (χ2n) is 11.2. The molecule has 244 valence electrons. The van der Waals surface area contributed by atoms with Crippen LogP contribution in [0.3, 0.4) is 0 Å². The fraction of sp³-hybridized carbons (Fsp3) is 0.735. The van der Waals surface area contributed by atoms with Gasteiger partial charge in [-0.3, -0.25) is 9.35 Å². The van der Waals surface area contributed by atoms with E-state index in [9.17, 15) is 28.0 Å². The van der Waals surface area contributed by atoms with Gasteiger partial charge in [0.2, 0.25) is 5.91 Å². The molecule has 0 radical (unpaired) electrons. The Morgan fingerprint density at radius 2 is 1.14 bits per heavy atom. The van der Waals surface area contributed by atoms with Crippen LogP contribution in [0.1, 0.15) is 136 Å². The predicted octanol–water partition coefficient (Wildman–Crippen LogP) is 7.76. The number of nitrogens with one attached hydrogen (secondary N) is 1. The topological polar surface area (TPSA) is 124 Å². The number of amides is 1. The van der Waals surface area contributed by atoms with Gasteiger partial charge in [-0.05, 0) is 44.9 Å². The van der Waals surface area contributed by atoms with Crippen LogP contribution in [0.2, 0.25) is 0 Å². The van der Waals surface area contributed by atoms with Gasteiger partial charge in [0.15, 0.2) is 0 Å². The largest absolute Gasteiger partial charge is 0.387 e. The molecule has 0 saturated heterocycles. The fourth-order valence-corrected chi connectivity index (χ4v) is 5.25. The summed E-state index contributed by atoms with van der Waals surface area (Å²) in [6.07, 6.45) is 33.3. The van der Waals surface area contributed by atoms with Crippen LogP contribution in [0.15, 0.2) is 48.6 Å². The second-order valence-corrected chi connectivity index (χ2v) is 12.7. The van der Waals surface area contributed by atoms with Crippen molar-refractivity contribution >= 4 is 16.0 Å². The quantitative estimate of drug-likeness (QED) is 0.0407. The highest BCUT2D eigenvalue weighted by Crippen LogP contribution is 2.10. The lowest BCUT2D eigenvalue weighted by Crippen LogP contribution is -2.50. The lowest BCUT2D eigenvalue weighted by Gasteiger charge is -2.22. The molecular weight excluding hydrogens is 550 g/mol. The van der Waals surface area contributed by atoms with E-state index in [1.807, 2.05) is 6.08 Å². The standard InChI is InChI=1S/C34H61NO6S/c1-3-5-7-9-11-13-15-17-19-20-22-24-26-28-32(36)31(30-42(39,40)41)35-34(38)33(37)29-27-25-23-21-18-16-14-12-10-8-6-4-2/h18-21,25-28,31-33,36-37H,3-17,22-24,29-30H2,1-2H3,(H,35,38)(H,39,40,41)/b20-19+,21-18-,27-25-,28-26+. The van der Waals surface area contributed by atoms with E-state index in [0.29, 0.717) is 12.8 Å². The van der Waals surface area contributed by atoms with E-state index in [1.54, 1.807) is 12.2 Å². The molecule has 0 aromatic heterocycles. The summed E-state index contributed by atoms with van der Waals surface area (Å²) >= 11 is 0. The molecule has 4 N–H and O–H groups in total. The van der Waals surface area contributed by atoms with Gasteiger partial charge in [0.25, 0.3) is 10.1 Å². The number of carbonyl (C=O) groups is 1. The maximum Gasteiger partial charge on any atom is 0.267 e. The third-order valence-corrected chi connectivity index (χ3v) is 7.88. The molecular formula is C34H61NO6S. The number of allylic oxidation sites excluding steroid dienone is 6. The van der Waals surface area contributed by atoms with Crippen molar-refractivity contribution in [1.29, 1.82) is 0 Å². The van der Waals surface area contributed by atoms with Gasteiger partial charge in [0, 0.05) is 6.42 Å². The van der Waals surface area contributed by atoms with E-state index < -0.39 is 40.0 Å². The maximum atomic E-state index is 12.4. The Balaban J connectivity index is 4.38. The van der Waals surface area contributed by atoms with Gasteiger partial charge < -0.3 is 15.5 Å². The summed E-state index contributed by atoms with van der Waals surface area (Å²) in [5.74, 6) is -1.65. The third-order valence-electron chi connectivity index (χ3n) is 7.10. The Kier molecular flexibility index (Phi) is 26.9. The summed E-state index contributed by atoms with van der Waals surface area (Å²) in [5, 5.41) is 23.0.